The van der Waals surface area contributed by atoms with Gasteiger partial charge in [-0.2, -0.15) is 0 Å². The number of unbranched alkanes of at least 4 members (excludes halogenated alkanes) is 1. The van der Waals surface area contributed by atoms with Crippen LogP contribution in [0.2, 0.25) is 0 Å². The number of benzene rings is 1. The lowest BCUT2D eigenvalue weighted by Gasteiger charge is -2.14. The summed E-state index contributed by atoms with van der Waals surface area (Å²) in [4.78, 5) is 0. The summed E-state index contributed by atoms with van der Waals surface area (Å²) in [7, 11) is 0. The third-order valence-electron chi connectivity index (χ3n) is 3.19. The van der Waals surface area contributed by atoms with Crippen LogP contribution < -0.4 is 5.32 Å². The van der Waals surface area contributed by atoms with Crippen LogP contribution in [0.15, 0.2) is 24.3 Å². The van der Waals surface area contributed by atoms with Gasteiger partial charge in [-0.05, 0) is 55.1 Å². The van der Waals surface area contributed by atoms with Crippen molar-refractivity contribution in [2.24, 2.45) is 0 Å². The molecule has 1 rings (SSSR count). The summed E-state index contributed by atoms with van der Waals surface area (Å²) in [5.41, 5.74) is 3.74. The van der Waals surface area contributed by atoms with Gasteiger partial charge in [-0.3, -0.25) is 0 Å². The minimum absolute atomic E-state index is 0.347. The van der Waals surface area contributed by atoms with Crippen LogP contribution in [0.5, 0.6) is 5.75 Å². The summed E-state index contributed by atoms with van der Waals surface area (Å²) >= 11 is 0. The number of hydrogen-bond acceptors (Lipinski definition) is 2. The van der Waals surface area contributed by atoms with E-state index in [0.717, 1.165) is 25.8 Å². The maximum atomic E-state index is 9.68. The highest BCUT2D eigenvalue weighted by Crippen LogP contribution is 2.26. The van der Waals surface area contributed by atoms with E-state index in [-0.39, 0.29) is 0 Å². The van der Waals surface area contributed by atoms with Gasteiger partial charge >= 0.3 is 0 Å². The number of allylic oxidation sites excluding steroid dienone is 1. The summed E-state index contributed by atoms with van der Waals surface area (Å²) in [6.45, 7) is 9.59. The molecule has 0 aliphatic heterocycles. The van der Waals surface area contributed by atoms with Gasteiger partial charge in [0.05, 0.1) is 0 Å². The van der Waals surface area contributed by atoms with Gasteiger partial charge in [-0.15, -0.1) is 0 Å². The van der Waals surface area contributed by atoms with E-state index in [0.29, 0.717) is 11.8 Å². The molecule has 1 aromatic rings. The van der Waals surface area contributed by atoms with E-state index in [9.17, 15) is 5.11 Å². The van der Waals surface area contributed by atoms with E-state index in [1.165, 1.54) is 16.7 Å². The van der Waals surface area contributed by atoms with E-state index in [1.807, 2.05) is 12.1 Å². The molecule has 2 nitrogen and oxygen atoms in total. The Morgan fingerprint density at radius 2 is 2.11 bits per heavy atom. The molecule has 1 aromatic carbocycles. The number of aryl methyl sites for hydroxylation is 1. The van der Waals surface area contributed by atoms with Crippen molar-refractivity contribution in [3.8, 4) is 5.75 Å². The second-order valence-electron chi connectivity index (χ2n) is 5.38. The minimum Gasteiger partial charge on any atom is -0.508 e. The average molecular weight is 261 g/mol. The first-order chi connectivity index (χ1) is 9.04. The fourth-order valence-electron chi connectivity index (χ4n) is 2.12. The molecule has 0 spiro atoms. The zero-order chi connectivity index (χ0) is 14.3. The lowest BCUT2D eigenvalue weighted by molar-refractivity contribution is 0.475. The van der Waals surface area contributed by atoms with Gasteiger partial charge in [-0.25, -0.2) is 0 Å². The van der Waals surface area contributed by atoms with Gasteiger partial charge in [0.2, 0.25) is 0 Å². The van der Waals surface area contributed by atoms with Crippen molar-refractivity contribution >= 4 is 5.57 Å². The molecule has 2 heteroatoms. The number of aromatic hydroxyl groups is 1. The summed E-state index contributed by atoms with van der Waals surface area (Å²) < 4.78 is 0. The Hall–Kier alpha value is -1.28. The lowest BCUT2D eigenvalue weighted by Crippen LogP contribution is -2.23. The maximum absolute atomic E-state index is 9.68. The first-order valence-corrected chi connectivity index (χ1v) is 7.27. The quantitative estimate of drug-likeness (QED) is 0.768. The largest absolute Gasteiger partial charge is 0.508 e. The molecule has 0 unspecified atom stereocenters. The Bertz CT molecular complexity index is 421. The molecule has 0 heterocycles. The molecule has 0 radical (unpaired) electrons. The van der Waals surface area contributed by atoms with E-state index in [1.54, 1.807) is 6.07 Å². The van der Waals surface area contributed by atoms with Crippen LogP contribution in [0.3, 0.4) is 0 Å². The highest BCUT2D eigenvalue weighted by molar-refractivity contribution is 5.69. The lowest BCUT2D eigenvalue weighted by atomic mass is 9.96. The van der Waals surface area contributed by atoms with Crippen molar-refractivity contribution < 1.29 is 5.11 Å². The molecule has 0 saturated heterocycles. The molecule has 0 aromatic heterocycles. The number of rotatable bonds is 7. The average Bonchev–Trinajstić information content (AvgIpc) is 2.36. The third-order valence-corrected chi connectivity index (χ3v) is 3.19. The van der Waals surface area contributed by atoms with Crippen LogP contribution >= 0.6 is 0 Å². The molecule has 0 aliphatic rings. The Morgan fingerprint density at radius 1 is 1.37 bits per heavy atom. The number of nitrogens with one attached hydrogen (secondary N) is 1. The van der Waals surface area contributed by atoms with Crippen molar-refractivity contribution in [2.45, 2.75) is 53.0 Å². The van der Waals surface area contributed by atoms with E-state index in [4.69, 9.17) is 0 Å². The van der Waals surface area contributed by atoms with Crippen LogP contribution in [0.1, 0.15) is 51.2 Å². The standard InChI is InChI=1S/C17H27NO/c1-5-6-7-15(10-11-18-13(2)3)17-12-16(19)9-8-14(17)4/h7-9,12-13,18-19H,5-6,10-11H2,1-4H3/b15-7-. The third kappa shape index (κ3) is 5.48. The molecular formula is C17H27NO. The fraction of sp³-hybridized carbons (Fsp3) is 0.529. The van der Waals surface area contributed by atoms with Crippen LogP contribution in [0, 0.1) is 6.92 Å². The van der Waals surface area contributed by atoms with Crippen molar-refractivity contribution in [1.82, 2.24) is 5.32 Å². The smallest absolute Gasteiger partial charge is 0.116 e. The number of phenolic OH excluding ortho intramolecular Hbond substituents is 1. The van der Waals surface area contributed by atoms with Gasteiger partial charge < -0.3 is 10.4 Å². The van der Waals surface area contributed by atoms with E-state index in [2.05, 4.69) is 39.1 Å². The van der Waals surface area contributed by atoms with Crippen LogP contribution in [0.25, 0.3) is 5.57 Å². The minimum atomic E-state index is 0.347. The molecule has 0 aliphatic carbocycles. The van der Waals surface area contributed by atoms with Crippen molar-refractivity contribution in [3.05, 3.63) is 35.4 Å². The normalized spacial score (nSPS) is 12.2. The van der Waals surface area contributed by atoms with Crippen molar-refractivity contribution in [3.63, 3.8) is 0 Å². The van der Waals surface area contributed by atoms with Gasteiger partial charge in [0.1, 0.15) is 5.75 Å². The molecule has 2 N–H and O–H groups in total. The van der Waals surface area contributed by atoms with Crippen LogP contribution in [-0.2, 0) is 0 Å². The fourth-order valence-corrected chi connectivity index (χ4v) is 2.12. The Balaban J connectivity index is 2.86. The Labute approximate surface area is 117 Å². The van der Waals surface area contributed by atoms with Crippen LogP contribution in [0.4, 0.5) is 0 Å². The predicted molar refractivity (Wildman–Crippen MR) is 83.5 cm³/mol. The highest BCUT2D eigenvalue weighted by atomic mass is 16.3. The first kappa shape index (κ1) is 15.8. The molecule has 0 atom stereocenters. The summed E-state index contributed by atoms with van der Waals surface area (Å²) in [6, 6.07) is 6.13. The van der Waals surface area contributed by atoms with Gasteiger partial charge in [0, 0.05) is 6.04 Å². The first-order valence-electron chi connectivity index (χ1n) is 7.27. The zero-order valence-electron chi connectivity index (χ0n) is 12.7. The van der Waals surface area contributed by atoms with Gasteiger partial charge in [0.15, 0.2) is 0 Å². The SMILES string of the molecule is CCC/C=C(/CCNC(C)C)c1cc(O)ccc1C. The monoisotopic (exact) mass is 261 g/mol. The number of hydrogen-bond donors (Lipinski definition) is 2. The van der Waals surface area contributed by atoms with Crippen molar-refractivity contribution in [2.75, 3.05) is 6.54 Å². The Morgan fingerprint density at radius 3 is 2.74 bits per heavy atom. The molecule has 0 amide bonds. The summed E-state index contributed by atoms with van der Waals surface area (Å²) in [6.07, 6.45) is 5.55. The highest BCUT2D eigenvalue weighted by Gasteiger charge is 2.06. The van der Waals surface area contributed by atoms with E-state index >= 15 is 0 Å². The van der Waals surface area contributed by atoms with Gasteiger partial charge in [-0.1, -0.05) is 39.3 Å². The Kier molecular flexibility index (Phi) is 6.65. The molecule has 0 fully saturated rings. The second kappa shape index (κ2) is 8.00. The topological polar surface area (TPSA) is 32.3 Å². The zero-order valence-corrected chi connectivity index (χ0v) is 12.7. The summed E-state index contributed by atoms with van der Waals surface area (Å²) in [5, 5.41) is 13.1. The summed E-state index contributed by atoms with van der Waals surface area (Å²) in [5.74, 6) is 0.347. The molecule has 0 saturated carbocycles. The second-order valence-corrected chi connectivity index (χ2v) is 5.38. The maximum Gasteiger partial charge on any atom is 0.116 e. The predicted octanol–water partition coefficient (Wildman–Crippen LogP) is 4.27. The van der Waals surface area contributed by atoms with Crippen molar-refractivity contribution in [1.29, 1.82) is 0 Å². The molecular weight excluding hydrogens is 234 g/mol. The van der Waals surface area contributed by atoms with Gasteiger partial charge in [0.25, 0.3) is 0 Å². The molecule has 0 bridgehead atoms. The van der Waals surface area contributed by atoms with E-state index < -0.39 is 0 Å². The molecule has 19 heavy (non-hydrogen) atoms. The number of phenols is 1. The molecule has 106 valence electrons. The van der Waals surface area contributed by atoms with Crippen LogP contribution in [-0.4, -0.2) is 17.7 Å².